The minimum absolute atomic E-state index is 0.292. The Morgan fingerprint density at radius 3 is 2.58 bits per heavy atom. The molecule has 2 aliphatic rings. The van der Waals surface area contributed by atoms with Crippen molar-refractivity contribution in [2.24, 2.45) is 11.8 Å². The molecule has 0 radical (unpaired) electrons. The Labute approximate surface area is 145 Å². The van der Waals surface area contributed by atoms with Gasteiger partial charge in [0.2, 0.25) is 5.91 Å². The van der Waals surface area contributed by atoms with E-state index in [0.29, 0.717) is 23.4 Å². The van der Waals surface area contributed by atoms with Crippen LogP contribution in [0.4, 0.5) is 5.00 Å². The standard InChI is InChI=1S/C18H20N2O3S/c19-10-14-11-6-2-1-3-9-15(11)24-17(14)20-16(21)12-7-4-5-8-13(12)18(22)23/h4-5,12-13H,1-3,6-9H2,(H,20,21)(H,22,23)/t12-,13+/m0/s1. The number of hydrogen-bond acceptors (Lipinski definition) is 4. The van der Waals surface area contributed by atoms with Crippen LogP contribution in [0.25, 0.3) is 0 Å². The number of carbonyl (C=O) groups excluding carboxylic acids is 1. The number of anilines is 1. The second kappa shape index (κ2) is 7.18. The number of hydrogen-bond donors (Lipinski definition) is 2. The van der Waals surface area contributed by atoms with Gasteiger partial charge in [0.25, 0.3) is 0 Å². The summed E-state index contributed by atoms with van der Waals surface area (Å²) in [5, 5.41) is 22.3. The first-order valence-corrected chi connectivity index (χ1v) is 9.16. The highest BCUT2D eigenvalue weighted by atomic mass is 32.1. The number of allylic oxidation sites excluding steroid dienone is 2. The van der Waals surface area contributed by atoms with Crippen LogP contribution < -0.4 is 5.32 Å². The number of nitrogens with zero attached hydrogens (tertiary/aromatic N) is 1. The molecule has 1 aromatic heterocycles. The van der Waals surface area contributed by atoms with Gasteiger partial charge in [0.05, 0.1) is 17.4 Å². The maximum atomic E-state index is 12.6. The molecule has 2 aliphatic carbocycles. The monoisotopic (exact) mass is 344 g/mol. The maximum Gasteiger partial charge on any atom is 0.307 e. The van der Waals surface area contributed by atoms with Crippen molar-refractivity contribution in [2.45, 2.75) is 44.9 Å². The van der Waals surface area contributed by atoms with Gasteiger partial charge < -0.3 is 10.4 Å². The van der Waals surface area contributed by atoms with E-state index in [-0.39, 0.29) is 5.91 Å². The van der Waals surface area contributed by atoms with Crippen molar-refractivity contribution < 1.29 is 14.7 Å². The molecule has 0 fully saturated rings. The fourth-order valence-electron chi connectivity index (χ4n) is 3.53. The third-order valence-electron chi connectivity index (χ3n) is 4.86. The molecule has 5 nitrogen and oxygen atoms in total. The third kappa shape index (κ3) is 3.22. The number of carbonyl (C=O) groups is 2. The van der Waals surface area contributed by atoms with Crippen LogP contribution in [0.2, 0.25) is 0 Å². The first-order valence-electron chi connectivity index (χ1n) is 8.35. The SMILES string of the molecule is N#Cc1c(NC(=O)[C@H]2CC=CC[C@H]2C(=O)O)sc2c1CCCCC2. The molecule has 2 N–H and O–H groups in total. The number of carboxylic acid groups (broad SMARTS) is 1. The minimum Gasteiger partial charge on any atom is -0.481 e. The lowest BCUT2D eigenvalue weighted by atomic mass is 9.82. The van der Waals surface area contributed by atoms with Gasteiger partial charge in [-0.3, -0.25) is 9.59 Å². The number of amides is 1. The lowest BCUT2D eigenvalue weighted by Crippen LogP contribution is -2.34. The van der Waals surface area contributed by atoms with Gasteiger partial charge in [0.1, 0.15) is 11.1 Å². The molecule has 3 rings (SSSR count). The molecule has 1 heterocycles. The van der Waals surface area contributed by atoms with Crippen LogP contribution in [-0.4, -0.2) is 17.0 Å². The summed E-state index contributed by atoms with van der Waals surface area (Å²) in [6.45, 7) is 0. The maximum absolute atomic E-state index is 12.6. The molecule has 0 saturated heterocycles. The van der Waals surface area contributed by atoms with Crippen LogP contribution in [0.15, 0.2) is 12.2 Å². The third-order valence-corrected chi connectivity index (χ3v) is 6.06. The van der Waals surface area contributed by atoms with Crippen molar-refractivity contribution in [3.8, 4) is 6.07 Å². The summed E-state index contributed by atoms with van der Waals surface area (Å²) in [4.78, 5) is 25.2. The van der Waals surface area contributed by atoms with Crippen molar-refractivity contribution in [2.75, 3.05) is 5.32 Å². The van der Waals surface area contributed by atoms with E-state index < -0.39 is 17.8 Å². The molecule has 0 aromatic carbocycles. The molecule has 0 saturated carbocycles. The predicted molar refractivity (Wildman–Crippen MR) is 91.9 cm³/mol. The lowest BCUT2D eigenvalue weighted by molar-refractivity contribution is -0.146. The van der Waals surface area contributed by atoms with E-state index in [2.05, 4.69) is 11.4 Å². The van der Waals surface area contributed by atoms with Crippen LogP contribution in [0, 0.1) is 23.2 Å². The first-order chi connectivity index (χ1) is 11.6. The largest absolute Gasteiger partial charge is 0.481 e. The summed E-state index contributed by atoms with van der Waals surface area (Å²) in [6, 6.07) is 2.24. The Morgan fingerprint density at radius 1 is 1.17 bits per heavy atom. The summed E-state index contributed by atoms with van der Waals surface area (Å²) < 4.78 is 0. The normalized spacial score (nSPS) is 23.0. The molecule has 6 heteroatoms. The van der Waals surface area contributed by atoms with E-state index in [1.165, 1.54) is 22.6 Å². The van der Waals surface area contributed by atoms with Crippen molar-refractivity contribution in [3.63, 3.8) is 0 Å². The van der Waals surface area contributed by atoms with Gasteiger partial charge in [0, 0.05) is 4.88 Å². The molecular weight excluding hydrogens is 324 g/mol. The lowest BCUT2D eigenvalue weighted by Gasteiger charge is -2.23. The quantitative estimate of drug-likeness (QED) is 0.649. The highest BCUT2D eigenvalue weighted by Crippen LogP contribution is 2.38. The van der Waals surface area contributed by atoms with Gasteiger partial charge in [0.15, 0.2) is 0 Å². The van der Waals surface area contributed by atoms with Crippen molar-refractivity contribution in [1.29, 1.82) is 5.26 Å². The molecule has 1 amide bonds. The number of thiophene rings is 1. The Kier molecular flexibility index (Phi) is 5.00. The van der Waals surface area contributed by atoms with Crippen molar-refractivity contribution in [1.82, 2.24) is 0 Å². The summed E-state index contributed by atoms with van der Waals surface area (Å²) in [7, 11) is 0. The number of carboxylic acids is 1. The number of nitrogens with one attached hydrogen (secondary N) is 1. The summed E-state index contributed by atoms with van der Waals surface area (Å²) in [5.41, 5.74) is 1.65. The molecule has 1 aromatic rings. The highest BCUT2D eigenvalue weighted by Gasteiger charge is 2.34. The average molecular weight is 344 g/mol. The molecule has 0 bridgehead atoms. The van der Waals surface area contributed by atoms with Crippen LogP contribution in [0.1, 0.15) is 48.1 Å². The van der Waals surface area contributed by atoms with E-state index in [1.807, 2.05) is 12.2 Å². The topological polar surface area (TPSA) is 90.2 Å². The molecule has 0 spiro atoms. The van der Waals surface area contributed by atoms with Crippen molar-refractivity contribution in [3.05, 3.63) is 28.2 Å². The number of nitriles is 1. The minimum atomic E-state index is -0.943. The van der Waals surface area contributed by atoms with Crippen LogP contribution in [0.5, 0.6) is 0 Å². The zero-order valence-corrected chi connectivity index (χ0v) is 14.2. The number of rotatable bonds is 3. The van der Waals surface area contributed by atoms with Crippen molar-refractivity contribution >= 4 is 28.2 Å². The van der Waals surface area contributed by atoms with Gasteiger partial charge in [-0.25, -0.2) is 0 Å². The Hall–Kier alpha value is -2.13. The molecular formula is C18H20N2O3S. The second-order valence-electron chi connectivity index (χ2n) is 6.36. The number of aryl methyl sites for hydroxylation is 1. The highest BCUT2D eigenvalue weighted by molar-refractivity contribution is 7.16. The molecule has 126 valence electrons. The molecule has 24 heavy (non-hydrogen) atoms. The summed E-state index contributed by atoms with van der Waals surface area (Å²) >= 11 is 1.48. The van der Waals surface area contributed by atoms with Gasteiger partial charge in [-0.1, -0.05) is 18.6 Å². The van der Waals surface area contributed by atoms with Gasteiger partial charge in [-0.05, 0) is 44.1 Å². The van der Waals surface area contributed by atoms with E-state index in [1.54, 1.807) is 0 Å². The van der Waals surface area contributed by atoms with E-state index in [4.69, 9.17) is 0 Å². The van der Waals surface area contributed by atoms with E-state index in [9.17, 15) is 20.0 Å². The smallest absolute Gasteiger partial charge is 0.307 e. The fourth-order valence-corrected chi connectivity index (χ4v) is 4.77. The molecule has 0 unspecified atom stereocenters. The molecule has 2 atom stereocenters. The first kappa shape index (κ1) is 16.7. The zero-order valence-electron chi connectivity index (χ0n) is 13.4. The Bertz CT molecular complexity index is 729. The Balaban J connectivity index is 1.83. The predicted octanol–water partition coefficient (Wildman–Crippen LogP) is 3.49. The van der Waals surface area contributed by atoms with Gasteiger partial charge in [-0.2, -0.15) is 5.26 Å². The summed E-state index contributed by atoms with van der Waals surface area (Å²) in [6.07, 6.45) is 9.66. The van der Waals surface area contributed by atoms with E-state index >= 15 is 0 Å². The second-order valence-corrected chi connectivity index (χ2v) is 7.47. The Morgan fingerprint density at radius 2 is 1.88 bits per heavy atom. The van der Waals surface area contributed by atoms with E-state index in [0.717, 1.165) is 31.2 Å². The zero-order chi connectivity index (χ0) is 17.1. The van der Waals surface area contributed by atoms with Gasteiger partial charge >= 0.3 is 5.97 Å². The summed E-state index contributed by atoms with van der Waals surface area (Å²) in [5.74, 6) is -2.51. The fraction of sp³-hybridized carbons (Fsp3) is 0.500. The van der Waals surface area contributed by atoms with Gasteiger partial charge in [-0.15, -0.1) is 11.3 Å². The number of fused-ring (bicyclic) bond motifs is 1. The molecule has 0 aliphatic heterocycles. The van der Waals surface area contributed by atoms with Crippen LogP contribution in [-0.2, 0) is 22.4 Å². The van der Waals surface area contributed by atoms with Crippen LogP contribution >= 0.6 is 11.3 Å². The average Bonchev–Trinajstić information content (AvgIpc) is 2.74. The van der Waals surface area contributed by atoms with Crippen LogP contribution in [0.3, 0.4) is 0 Å². The number of aliphatic carboxylic acids is 1.